The second-order valence-electron chi connectivity index (χ2n) is 5.46. The number of carbonyl (C=O) groups excluding carboxylic acids is 1. The lowest BCUT2D eigenvalue weighted by atomic mass is 10.1. The first kappa shape index (κ1) is 16.5. The van der Waals surface area contributed by atoms with Gasteiger partial charge in [0, 0.05) is 24.2 Å². The fraction of sp³-hybridized carbons (Fsp3) is 0.235. The molecule has 0 aliphatic carbocycles. The minimum absolute atomic E-state index is 0.0301. The van der Waals surface area contributed by atoms with Crippen molar-refractivity contribution in [3.05, 3.63) is 69.8 Å². The predicted molar refractivity (Wildman–Crippen MR) is 89.5 cm³/mol. The fourth-order valence-corrected chi connectivity index (χ4v) is 2.11. The largest absolute Gasteiger partial charge is 0.375 e. The van der Waals surface area contributed by atoms with Gasteiger partial charge < -0.3 is 10.6 Å². The molecule has 0 aliphatic rings. The molecule has 0 atom stereocenters. The summed E-state index contributed by atoms with van der Waals surface area (Å²) in [4.78, 5) is 22.7. The van der Waals surface area contributed by atoms with Gasteiger partial charge in [0.1, 0.15) is 5.69 Å². The van der Waals surface area contributed by atoms with Gasteiger partial charge in [-0.3, -0.25) is 14.9 Å². The quantitative estimate of drug-likeness (QED) is 0.632. The van der Waals surface area contributed by atoms with Crippen LogP contribution >= 0.6 is 0 Å². The highest BCUT2D eigenvalue weighted by Crippen LogP contribution is 2.26. The average Bonchev–Trinajstić information content (AvgIpc) is 2.53. The Bertz CT molecular complexity index is 699. The van der Waals surface area contributed by atoms with E-state index < -0.39 is 4.92 Å². The highest BCUT2D eigenvalue weighted by atomic mass is 16.6. The highest BCUT2D eigenvalue weighted by Gasteiger charge is 2.17. The molecule has 1 amide bonds. The lowest BCUT2D eigenvalue weighted by Crippen LogP contribution is -2.30. The molecule has 0 bridgehead atoms. The van der Waals surface area contributed by atoms with Crippen LogP contribution in [0.4, 0.5) is 11.4 Å². The number of rotatable bonds is 6. The van der Waals surface area contributed by atoms with Crippen LogP contribution in [-0.4, -0.2) is 16.9 Å². The molecule has 2 aromatic rings. The van der Waals surface area contributed by atoms with Crippen LogP contribution in [0.15, 0.2) is 48.5 Å². The van der Waals surface area contributed by atoms with E-state index in [-0.39, 0.29) is 23.2 Å². The molecule has 0 spiro atoms. The predicted octanol–water partition coefficient (Wildman–Crippen LogP) is 3.35. The smallest absolute Gasteiger partial charge is 0.293 e. The second-order valence-corrected chi connectivity index (χ2v) is 5.46. The molecule has 0 aromatic heterocycles. The second kappa shape index (κ2) is 7.40. The number of carbonyl (C=O) groups is 1. The van der Waals surface area contributed by atoms with Gasteiger partial charge >= 0.3 is 0 Å². The number of anilines is 1. The van der Waals surface area contributed by atoms with Crippen LogP contribution < -0.4 is 10.6 Å². The van der Waals surface area contributed by atoms with Gasteiger partial charge in [0.2, 0.25) is 0 Å². The number of hydrogen-bond acceptors (Lipinski definition) is 4. The third kappa shape index (κ3) is 4.54. The molecule has 0 saturated carbocycles. The Hall–Kier alpha value is -2.89. The zero-order chi connectivity index (χ0) is 16.8. The van der Waals surface area contributed by atoms with Crippen LogP contribution in [0.1, 0.15) is 29.8 Å². The van der Waals surface area contributed by atoms with E-state index in [1.165, 1.54) is 6.07 Å². The van der Waals surface area contributed by atoms with Crippen molar-refractivity contribution in [2.24, 2.45) is 0 Å². The molecular weight excluding hydrogens is 294 g/mol. The van der Waals surface area contributed by atoms with Gasteiger partial charge in [0.15, 0.2) is 0 Å². The summed E-state index contributed by atoms with van der Waals surface area (Å²) in [6.45, 7) is 4.14. The Balaban J connectivity index is 2.19. The zero-order valence-corrected chi connectivity index (χ0v) is 13.1. The number of nitro benzene ring substituents is 1. The van der Waals surface area contributed by atoms with E-state index in [4.69, 9.17) is 0 Å². The molecule has 2 aromatic carbocycles. The minimum Gasteiger partial charge on any atom is -0.375 e. The van der Waals surface area contributed by atoms with E-state index in [9.17, 15) is 14.9 Å². The molecule has 2 rings (SSSR count). The molecule has 0 fully saturated rings. The Morgan fingerprint density at radius 3 is 2.48 bits per heavy atom. The molecule has 6 nitrogen and oxygen atoms in total. The lowest BCUT2D eigenvalue weighted by Gasteiger charge is -2.11. The maximum atomic E-state index is 12.0. The lowest BCUT2D eigenvalue weighted by molar-refractivity contribution is -0.384. The summed E-state index contributed by atoms with van der Waals surface area (Å²) >= 11 is 0. The number of nitro groups is 1. The summed E-state index contributed by atoms with van der Waals surface area (Å²) in [7, 11) is 0. The van der Waals surface area contributed by atoms with Crippen LogP contribution in [0, 0.1) is 10.1 Å². The van der Waals surface area contributed by atoms with E-state index in [0.29, 0.717) is 12.2 Å². The third-order valence-electron chi connectivity index (χ3n) is 3.20. The van der Waals surface area contributed by atoms with Crippen molar-refractivity contribution >= 4 is 17.3 Å². The fourth-order valence-electron chi connectivity index (χ4n) is 2.11. The van der Waals surface area contributed by atoms with E-state index >= 15 is 0 Å². The van der Waals surface area contributed by atoms with Crippen molar-refractivity contribution in [3.63, 3.8) is 0 Å². The van der Waals surface area contributed by atoms with Gasteiger partial charge in [-0.05, 0) is 31.5 Å². The third-order valence-corrected chi connectivity index (χ3v) is 3.20. The summed E-state index contributed by atoms with van der Waals surface area (Å²) in [5.41, 5.74) is 1.57. The normalized spacial score (nSPS) is 10.4. The summed E-state index contributed by atoms with van der Waals surface area (Å²) < 4.78 is 0. The van der Waals surface area contributed by atoms with Crippen LogP contribution in [0.25, 0.3) is 0 Å². The maximum Gasteiger partial charge on any atom is 0.293 e. The molecule has 0 aliphatic heterocycles. The molecule has 120 valence electrons. The van der Waals surface area contributed by atoms with Crippen molar-refractivity contribution in [2.45, 2.75) is 26.4 Å². The van der Waals surface area contributed by atoms with E-state index in [1.807, 2.05) is 44.2 Å². The van der Waals surface area contributed by atoms with E-state index in [0.717, 1.165) is 5.56 Å². The summed E-state index contributed by atoms with van der Waals surface area (Å²) in [5.74, 6) is -0.322. The number of benzene rings is 2. The SMILES string of the molecule is CC(C)NC(=O)c1ccc(NCc2ccccc2)c([N+](=O)[O-])c1. The molecular formula is C17H19N3O3. The van der Waals surface area contributed by atoms with Gasteiger partial charge in [-0.2, -0.15) is 0 Å². The van der Waals surface area contributed by atoms with E-state index in [2.05, 4.69) is 10.6 Å². The molecule has 2 N–H and O–H groups in total. The van der Waals surface area contributed by atoms with Crippen molar-refractivity contribution in [2.75, 3.05) is 5.32 Å². The molecule has 6 heteroatoms. The Labute approximate surface area is 134 Å². The topological polar surface area (TPSA) is 84.3 Å². The standard InChI is InChI=1S/C17H19N3O3/c1-12(2)19-17(21)14-8-9-15(16(10-14)20(22)23)18-11-13-6-4-3-5-7-13/h3-10,12,18H,11H2,1-2H3,(H,19,21). The summed E-state index contributed by atoms with van der Waals surface area (Å²) in [6, 6.07) is 14.0. The van der Waals surface area contributed by atoms with Crippen LogP contribution in [0.3, 0.4) is 0 Å². The van der Waals surface area contributed by atoms with Gasteiger partial charge in [-0.1, -0.05) is 30.3 Å². The maximum absolute atomic E-state index is 12.0. The van der Waals surface area contributed by atoms with E-state index in [1.54, 1.807) is 12.1 Å². The van der Waals surface area contributed by atoms with Gasteiger partial charge in [-0.25, -0.2) is 0 Å². The summed E-state index contributed by atoms with van der Waals surface area (Å²) in [5, 5.41) is 17.0. The number of nitrogens with one attached hydrogen (secondary N) is 2. The molecule has 0 unspecified atom stereocenters. The number of amides is 1. The van der Waals surface area contributed by atoms with Crippen molar-refractivity contribution in [1.29, 1.82) is 0 Å². The summed E-state index contributed by atoms with van der Waals surface area (Å²) in [6.07, 6.45) is 0. The minimum atomic E-state index is -0.487. The molecule has 0 saturated heterocycles. The first-order valence-corrected chi connectivity index (χ1v) is 7.34. The Morgan fingerprint density at radius 2 is 1.87 bits per heavy atom. The molecule has 23 heavy (non-hydrogen) atoms. The van der Waals surface area contributed by atoms with Gasteiger partial charge in [-0.15, -0.1) is 0 Å². The monoisotopic (exact) mass is 313 g/mol. The zero-order valence-electron chi connectivity index (χ0n) is 13.1. The first-order chi connectivity index (χ1) is 11.0. The van der Waals surface area contributed by atoms with Crippen molar-refractivity contribution in [3.8, 4) is 0 Å². The van der Waals surface area contributed by atoms with Crippen LogP contribution in [0.2, 0.25) is 0 Å². The molecule has 0 radical (unpaired) electrons. The molecule has 0 heterocycles. The Morgan fingerprint density at radius 1 is 1.17 bits per heavy atom. The van der Waals surface area contributed by atoms with Crippen molar-refractivity contribution < 1.29 is 9.72 Å². The van der Waals surface area contributed by atoms with Crippen LogP contribution in [-0.2, 0) is 6.54 Å². The average molecular weight is 313 g/mol. The van der Waals surface area contributed by atoms with Gasteiger partial charge in [0.25, 0.3) is 11.6 Å². The van der Waals surface area contributed by atoms with Gasteiger partial charge in [0.05, 0.1) is 4.92 Å². The number of hydrogen-bond donors (Lipinski definition) is 2. The highest BCUT2D eigenvalue weighted by molar-refractivity contribution is 5.95. The number of nitrogens with zero attached hydrogens (tertiary/aromatic N) is 1. The van der Waals surface area contributed by atoms with Crippen LogP contribution in [0.5, 0.6) is 0 Å². The first-order valence-electron chi connectivity index (χ1n) is 7.34. The Kier molecular flexibility index (Phi) is 5.30. The van der Waals surface area contributed by atoms with Crippen molar-refractivity contribution in [1.82, 2.24) is 5.32 Å².